The normalized spacial score (nSPS) is 13.4. The van der Waals surface area contributed by atoms with E-state index in [9.17, 15) is 4.79 Å². The van der Waals surface area contributed by atoms with Crippen molar-refractivity contribution in [1.29, 1.82) is 0 Å². The predicted molar refractivity (Wildman–Crippen MR) is 119 cm³/mol. The maximum absolute atomic E-state index is 12.4. The molecule has 2 atom stereocenters. The third-order valence-electron chi connectivity index (χ3n) is 4.53. The smallest absolute Gasteiger partial charge is 0.160 e. The lowest BCUT2D eigenvalue weighted by Crippen LogP contribution is -2.41. The molecule has 0 fully saturated rings. The Kier molecular flexibility index (Phi) is 9.45. The minimum absolute atomic E-state index is 0.0274. The summed E-state index contributed by atoms with van der Waals surface area (Å²) in [7, 11) is 0. The number of hydrogen-bond acceptors (Lipinski definition) is 4. The highest BCUT2D eigenvalue weighted by molar-refractivity contribution is 5.81. The number of allylic oxidation sites excluding steroid dienone is 1. The van der Waals surface area contributed by atoms with Crippen LogP contribution in [-0.4, -0.2) is 24.5 Å². The average Bonchev–Trinajstić information content (AvgIpc) is 2.69. The predicted octanol–water partition coefficient (Wildman–Crippen LogP) is 5.64. The van der Waals surface area contributed by atoms with Gasteiger partial charge in [0.15, 0.2) is 5.78 Å². The molecule has 0 heterocycles. The molecule has 0 aromatic heterocycles. The lowest BCUT2D eigenvalue weighted by molar-refractivity contribution is -0.130. The van der Waals surface area contributed by atoms with Crippen LogP contribution < -0.4 is 10.1 Å². The maximum atomic E-state index is 12.4. The Balaban J connectivity index is 2.13. The monoisotopic (exact) mass is 395 g/mol. The number of ketones is 1. The highest BCUT2D eigenvalue weighted by atomic mass is 16.5. The Hall–Kier alpha value is -2.59. The minimum Gasteiger partial charge on any atom is -0.489 e. The molecule has 156 valence electrons. The van der Waals surface area contributed by atoms with E-state index in [4.69, 9.17) is 9.47 Å². The van der Waals surface area contributed by atoms with Crippen LogP contribution in [-0.2, 0) is 16.1 Å². The SMILES string of the molecule is C/C=C/COc1cccc(N[C@@H](CC(C)C)[C@H](OCc2ccccc2)C(C)=O)c1. The van der Waals surface area contributed by atoms with Crippen molar-refractivity contribution in [1.82, 2.24) is 0 Å². The number of anilines is 1. The second-order valence-corrected chi connectivity index (χ2v) is 7.62. The average molecular weight is 396 g/mol. The molecule has 0 unspecified atom stereocenters. The lowest BCUT2D eigenvalue weighted by atomic mass is 9.96. The van der Waals surface area contributed by atoms with E-state index in [1.165, 1.54) is 0 Å². The molecule has 4 heteroatoms. The van der Waals surface area contributed by atoms with Crippen LogP contribution in [0, 0.1) is 5.92 Å². The van der Waals surface area contributed by atoms with Crippen molar-refractivity contribution in [2.45, 2.75) is 52.9 Å². The number of ether oxygens (including phenoxy) is 2. The van der Waals surface area contributed by atoms with Crippen molar-refractivity contribution >= 4 is 11.5 Å². The third kappa shape index (κ3) is 8.12. The van der Waals surface area contributed by atoms with Crippen LogP contribution in [0.2, 0.25) is 0 Å². The number of benzene rings is 2. The second-order valence-electron chi connectivity index (χ2n) is 7.62. The van der Waals surface area contributed by atoms with Gasteiger partial charge in [0.1, 0.15) is 18.5 Å². The topological polar surface area (TPSA) is 47.6 Å². The standard InChI is InChI=1S/C25H33NO3/c1-5-6-15-28-23-14-10-13-22(17-23)26-24(16-19(2)3)25(20(4)27)29-18-21-11-8-7-9-12-21/h5-14,17,19,24-26H,15-16,18H2,1-4H3/b6-5+/t24-,25+/m0/s1. The fraction of sp³-hybridized carbons (Fsp3) is 0.400. The van der Waals surface area contributed by atoms with E-state index in [2.05, 4.69) is 19.2 Å². The van der Waals surface area contributed by atoms with E-state index in [1.54, 1.807) is 6.92 Å². The molecule has 0 saturated carbocycles. The number of nitrogens with one attached hydrogen (secondary N) is 1. The van der Waals surface area contributed by atoms with Gasteiger partial charge in [-0.3, -0.25) is 4.79 Å². The van der Waals surface area contributed by atoms with Crippen LogP contribution in [0.4, 0.5) is 5.69 Å². The van der Waals surface area contributed by atoms with E-state index in [0.29, 0.717) is 19.1 Å². The summed E-state index contributed by atoms with van der Waals surface area (Å²) in [5, 5.41) is 3.52. The van der Waals surface area contributed by atoms with Gasteiger partial charge >= 0.3 is 0 Å². The summed E-state index contributed by atoms with van der Waals surface area (Å²) in [6, 6.07) is 17.7. The molecule has 1 N–H and O–H groups in total. The first-order valence-electron chi connectivity index (χ1n) is 10.3. The molecule has 0 amide bonds. The van der Waals surface area contributed by atoms with Gasteiger partial charge in [-0.2, -0.15) is 0 Å². The van der Waals surface area contributed by atoms with Crippen LogP contribution >= 0.6 is 0 Å². The molecular weight excluding hydrogens is 362 g/mol. The minimum atomic E-state index is -0.523. The van der Waals surface area contributed by atoms with Gasteiger partial charge < -0.3 is 14.8 Å². The van der Waals surface area contributed by atoms with Crippen molar-refractivity contribution < 1.29 is 14.3 Å². The van der Waals surface area contributed by atoms with Crippen LogP contribution in [0.25, 0.3) is 0 Å². The molecular formula is C25H33NO3. The van der Waals surface area contributed by atoms with Crippen molar-refractivity contribution in [3.63, 3.8) is 0 Å². The van der Waals surface area contributed by atoms with Gasteiger partial charge in [0.05, 0.1) is 12.6 Å². The zero-order valence-corrected chi connectivity index (χ0v) is 17.9. The molecule has 0 aliphatic carbocycles. The van der Waals surface area contributed by atoms with Gasteiger partial charge in [-0.1, -0.05) is 62.4 Å². The Labute approximate surface area is 174 Å². The summed E-state index contributed by atoms with van der Waals surface area (Å²) in [6.45, 7) is 8.81. The molecule has 2 aromatic carbocycles. The summed E-state index contributed by atoms with van der Waals surface area (Å²) >= 11 is 0. The molecule has 29 heavy (non-hydrogen) atoms. The van der Waals surface area contributed by atoms with Gasteiger partial charge in [-0.25, -0.2) is 0 Å². The first-order chi connectivity index (χ1) is 14.0. The van der Waals surface area contributed by atoms with Gasteiger partial charge in [-0.15, -0.1) is 0 Å². The van der Waals surface area contributed by atoms with Crippen LogP contribution in [0.3, 0.4) is 0 Å². The Morgan fingerprint density at radius 1 is 1.10 bits per heavy atom. The quantitative estimate of drug-likeness (QED) is 0.472. The Bertz CT molecular complexity index is 771. The maximum Gasteiger partial charge on any atom is 0.160 e. The number of hydrogen-bond donors (Lipinski definition) is 1. The number of rotatable bonds is 12. The Morgan fingerprint density at radius 3 is 2.52 bits per heavy atom. The summed E-state index contributed by atoms with van der Waals surface area (Å²) in [5.74, 6) is 1.24. The second kappa shape index (κ2) is 12.1. The highest BCUT2D eigenvalue weighted by Crippen LogP contribution is 2.23. The zero-order valence-electron chi connectivity index (χ0n) is 17.9. The van der Waals surface area contributed by atoms with Crippen LogP contribution in [0.1, 0.15) is 39.7 Å². The van der Waals surface area contributed by atoms with Gasteiger partial charge in [0.2, 0.25) is 0 Å². The third-order valence-corrected chi connectivity index (χ3v) is 4.53. The molecule has 2 aromatic rings. The van der Waals surface area contributed by atoms with E-state index in [0.717, 1.165) is 23.4 Å². The summed E-state index contributed by atoms with van der Waals surface area (Å²) in [6.07, 6.45) is 4.22. The van der Waals surface area contributed by atoms with Gasteiger partial charge in [0.25, 0.3) is 0 Å². The van der Waals surface area contributed by atoms with Crippen molar-refractivity contribution in [3.05, 3.63) is 72.3 Å². The first-order valence-corrected chi connectivity index (χ1v) is 10.3. The van der Waals surface area contributed by atoms with Crippen molar-refractivity contribution in [2.24, 2.45) is 5.92 Å². The zero-order chi connectivity index (χ0) is 21.1. The van der Waals surface area contributed by atoms with E-state index in [1.807, 2.05) is 73.7 Å². The molecule has 4 nitrogen and oxygen atoms in total. The van der Waals surface area contributed by atoms with Gasteiger partial charge in [0, 0.05) is 11.8 Å². The molecule has 0 aliphatic rings. The lowest BCUT2D eigenvalue weighted by Gasteiger charge is -2.29. The number of Topliss-reactive ketones (excluding diaryl/α,β-unsaturated/α-hetero) is 1. The van der Waals surface area contributed by atoms with Crippen molar-refractivity contribution in [3.8, 4) is 5.75 Å². The summed E-state index contributed by atoms with van der Waals surface area (Å²) < 4.78 is 11.8. The largest absolute Gasteiger partial charge is 0.489 e. The number of carbonyl (C=O) groups is 1. The van der Waals surface area contributed by atoms with E-state index >= 15 is 0 Å². The van der Waals surface area contributed by atoms with Crippen LogP contribution in [0.5, 0.6) is 5.75 Å². The fourth-order valence-electron chi connectivity index (χ4n) is 3.17. The number of carbonyl (C=O) groups excluding carboxylic acids is 1. The molecule has 0 spiro atoms. The molecule has 0 radical (unpaired) electrons. The van der Waals surface area contributed by atoms with E-state index < -0.39 is 6.10 Å². The van der Waals surface area contributed by atoms with E-state index in [-0.39, 0.29) is 11.8 Å². The molecule has 0 bridgehead atoms. The molecule has 0 saturated heterocycles. The molecule has 2 rings (SSSR count). The highest BCUT2D eigenvalue weighted by Gasteiger charge is 2.27. The first kappa shape index (κ1) is 22.7. The van der Waals surface area contributed by atoms with Crippen LogP contribution in [0.15, 0.2) is 66.7 Å². The molecule has 0 aliphatic heterocycles. The van der Waals surface area contributed by atoms with Gasteiger partial charge in [-0.05, 0) is 43.9 Å². The summed E-state index contributed by atoms with van der Waals surface area (Å²) in [5.41, 5.74) is 1.98. The summed E-state index contributed by atoms with van der Waals surface area (Å²) in [4.78, 5) is 12.4. The van der Waals surface area contributed by atoms with Crippen molar-refractivity contribution in [2.75, 3.05) is 11.9 Å². The fourth-order valence-corrected chi connectivity index (χ4v) is 3.17. The Morgan fingerprint density at radius 2 is 1.86 bits per heavy atom.